The van der Waals surface area contributed by atoms with Crippen molar-refractivity contribution in [2.75, 3.05) is 5.75 Å². The van der Waals surface area contributed by atoms with E-state index in [9.17, 15) is 14.9 Å². The van der Waals surface area contributed by atoms with Gasteiger partial charge in [-0.05, 0) is 19.9 Å². The summed E-state index contributed by atoms with van der Waals surface area (Å²) in [6, 6.07) is 7.83. The SMILES string of the molecule is C=C(NNC(=O)CSc1nc(C)cc(C)n1)c1cccc([N+](=O)[O-])c1. The summed E-state index contributed by atoms with van der Waals surface area (Å²) in [5.74, 6) is -0.169. The summed E-state index contributed by atoms with van der Waals surface area (Å²) in [7, 11) is 0. The van der Waals surface area contributed by atoms with Gasteiger partial charge >= 0.3 is 0 Å². The number of aryl methyl sites for hydroxylation is 2. The molecule has 0 aliphatic heterocycles. The number of non-ortho nitro benzene ring substituents is 1. The Kier molecular flexibility index (Phi) is 6.07. The Balaban J connectivity index is 1.86. The van der Waals surface area contributed by atoms with Crippen LogP contribution >= 0.6 is 11.8 Å². The maximum atomic E-state index is 11.9. The molecule has 1 aromatic carbocycles. The minimum atomic E-state index is -0.490. The van der Waals surface area contributed by atoms with Crippen LogP contribution in [-0.4, -0.2) is 26.6 Å². The first-order valence-electron chi connectivity index (χ1n) is 7.29. The van der Waals surface area contributed by atoms with Gasteiger partial charge in [-0.2, -0.15) is 0 Å². The Hall–Kier alpha value is -2.94. The number of aromatic nitrogens is 2. The maximum Gasteiger partial charge on any atom is 0.270 e. The first-order valence-corrected chi connectivity index (χ1v) is 8.27. The number of hydrogen-bond donors (Lipinski definition) is 2. The van der Waals surface area contributed by atoms with Crippen LogP contribution in [0.1, 0.15) is 17.0 Å². The third kappa shape index (κ3) is 5.57. The smallest absolute Gasteiger partial charge is 0.270 e. The fourth-order valence-corrected chi connectivity index (χ4v) is 2.70. The number of nitrogens with zero attached hydrogens (tertiary/aromatic N) is 3. The number of carbonyl (C=O) groups excluding carboxylic acids is 1. The predicted molar refractivity (Wildman–Crippen MR) is 95.6 cm³/mol. The van der Waals surface area contributed by atoms with E-state index < -0.39 is 4.92 Å². The van der Waals surface area contributed by atoms with Crippen molar-refractivity contribution in [3.8, 4) is 0 Å². The van der Waals surface area contributed by atoms with Crippen LogP contribution in [-0.2, 0) is 4.79 Å². The molecule has 2 N–H and O–H groups in total. The summed E-state index contributed by atoms with van der Waals surface area (Å²) in [6.45, 7) is 7.49. The molecule has 0 bridgehead atoms. The highest BCUT2D eigenvalue weighted by Crippen LogP contribution is 2.17. The molecular weight excluding hydrogens is 342 g/mol. The van der Waals surface area contributed by atoms with Crippen LogP contribution in [0.5, 0.6) is 0 Å². The number of rotatable bonds is 7. The highest BCUT2D eigenvalue weighted by molar-refractivity contribution is 7.99. The summed E-state index contributed by atoms with van der Waals surface area (Å²) in [5, 5.41) is 11.3. The summed E-state index contributed by atoms with van der Waals surface area (Å²) >= 11 is 1.22. The molecule has 8 nitrogen and oxygen atoms in total. The van der Waals surface area contributed by atoms with Gasteiger partial charge < -0.3 is 0 Å². The van der Waals surface area contributed by atoms with Gasteiger partial charge in [0.25, 0.3) is 5.69 Å². The Labute approximate surface area is 148 Å². The summed E-state index contributed by atoms with van der Waals surface area (Å²) in [5.41, 5.74) is 7.65. The fourth-order valence-electron chi connectivity index (χ4n) is 1.95. The van der Waals surface area contributed by atoms with Gasteiger partial charge in [0.1, 0.15) is 0 Å². The number of thioether (sulfide) groups is 1. The lowest BCUT2D eigenvalue weighted by atomic mass is 10.1. The second-order valence-electron chi connectivity index (χ2n) is 5.18. The highest BCUT2D eigenvalue weighted by Gasteiger charge is 2.09. The zero-order chi connectivity index (χ0) is 18.4. The fraction of sp³-hybridized carbons (Fsp3) is 0.188. The van der Waals surface area contributed by atoms with Crippen molar-refractivity contribution in [1.82, 2.24) is 20.8 Å². The first kappa shape index (κ1) is 18.4. The van der Waals surface area contributed by atoms with E-state index in [1.807, 2.05) is 19.9 Å². The van der Waals surface area contributed by atoms with E-state index in [0.29, 0.717) is 16.4 Å². The molecule has 2 rings (SSSR count). The van der Waals surface area contributed by atoms with Crippen LogP contribution in [0.15, 0.2) is 42.1 Å². The molecule has 0 unspecified atom stereocenters. The van der Waals surface area contributed by atoms with Gasteiger partial charge in [0.05, 0.1) is 16.4 Å². The van der Waals surface area contributed by atoms with Crippen molar-refractivity contribution in [1.29, 1.82) is 0 Å². The second kappa shape index (κ2) is 8.25. The molecular formula is C16H17N5O3S. The molecule has 1 amide bonds. The largest absolute Gasteiger partial charge is 0.299 e. The normalized spacial score (nSPS) is 10.2. The number of benzene rings is 1. The molecule has 1 aromatic heterocycles. The topological polar surface area (TPSA) is 110 Å². The van der Waals surface area contributed by atoms with Gasteiger partial charge in [-0.25, -0.2) is 9.97 Å². The molecule has 0 radical (unpaired) electrons. The molecule has 0 atom stereocenters. The van der Waals surface area contributed by atoms with Crippen molar-refractivity contribution in [3.05, 3.63) is 64.0 Å². The highest BCUT2D eigenvalue weighted by atomic mass is 32.2. The van der Waals surface area contributed by atoms with Crippen LogP contribution < -0.4 is 10.9 Å². The summed E-state index contributed by atoms with van der Waals surface area (Å²) in [6.07, 6.45) is 0. The van der Waals surface area contributed by atoms with E-state index in [0.717, 1.165) is 11.4 Å². The van der Waals surface area contributed by atoms with Crippen molar-refractivity contribution in [2.45, 2.75) is 19.0 Å². The number of amides is 1. The molecule has 1 heterocycles. The zero-order valence-corrected chi connectivity index (χ0v) is 14.6. The van der Waals surface area contributed by atoms with Gasteiger partial charge in [0.2, 0.25) is 5.91 Å². The van der Waals surface area contributed by atoms with Crippen LogP contribution in [0, 0.1) is 24.0 Å². The second-order valence-corrected chi connectivity index (χ2v) is 6.12. The molecule has 0 fully saturated rings. The van der Waals surface area contributed by atoms with E-state index in [1.165, 1.54) is 23.9 Å². The predicted octanol–water partition coefficient (Wildman–Crippen LogP) is 2.39. The lowest BCUT2D eigenvalue weighted by Gasteiger charge is -2.11. The van der Waals surface area contributed by atoms with E-state index in [4.69, 9.17) is 0 Å². The number of hydrazine groups is 1. The Morgan fingerprint density at radius 3 is 2.56 bits per heavy atom. The molecule has 9 heteroatoms. The van der Waals surface area contributed by atoms with Crippen molar-refractivity contribution in [3.63, 3.8) is 0 Å². The minimum absolute atomic E-state index is 0.0469. The monoisotopic (exact) mass is 359 g/mol. The van der Waals surface area contributed by atoms with E-state index >= 15 is 0 Å². The number of hydrogen-bond acceptors (Lipinski definition) is 7. The number of nitrogens with one attached hydrogen (secondary N) is 2. The molecule has 0 aliphatic rings. The molecule has 130 valence electrons. The molecule has 0 spiro atoms. The molecule has 0 saturated heterocycles. The van der Waals surface area contributed by atoms with Gasteiger partial charge in [0.15, 0.2) is 5.16 Å². The third-order valence-electron chi connectivity index (χ3n) is 3.05. The number of carbonyl (C=O) groups is 1. The Morgan fingerprint density at radius 1 is 1.24 bits per heavy atom. The van der Waals surface area contributed by atoms with Gasteiger partial charge in [-0.3, -0.25) is 25.8 Å². The number of nitro groups is 1. The zero-order valence-electron chi connectivity index (χ0n) is 13.8. The van der Waals surface area contributed by atoms with Gasteiger partial charge in [-0.15, -0.1) is 0 Å². The van der Waals surface area contributed by atoms with Crippen LogP contribution in [0.3, 0.4) is 0 Å². The Bertz CT molecular complexity index is 805. The average Bonchev–Trinajstić information content (AvgIpc) is 2.57. The Morgan fingerprint density at radius 2 is 1.92 bits per heavy atom. The molecule has 25 heavy (non-hydrogen) atoms. The maximum absolute atomic E-state index is 11.9. The van der Waals surface area contributed by atoms with E-state index in [2.05, 4.69) is 27.4 Å². The van der Waals surface area contributed by atoms with E-state index in [1.54, 1.807) is 12.1 Å². The van der Waals surface area contributed by atoms with Gasteiger partial charge in [0, 0.05) is 29.1 Å². The van der Waals surface area contributed by atoms with Crippen LogP contribution in [0.2, 0.25) is 0 Å². The van der Waals surface area contributed by atoms with Crippen molar-refractivity contribution < 1.29 is 9.72 Å². The molecule has 2 aromatic rings. The molecule has 0 saturated carbocycles. The quantitative estimate of drug-likeness (QED) is 0.338. The standard InChI is InChI=1S/C16H17N5O3S/c1-10-7-11(2)18-16(17-10)25-9-15(22)20-19-12(3)13-5-4-6-14(8-13)21(23)24/h4-8,19H,3,9H2,1-2H3,(H,20,22). The minimum Gasteiger partial charge on any atom is -0.299 e. The van der Waals surface area contributed by atoms with Crippen molar-refractivity contribution in [2.24, 2.45) is 0 Å². The first-order chi connectivity index (χ1) is 11.8. The van der Waals surface area contributed by atoms with Crippen LogP contribution in [0.4, 0.5) is 5.69 Å². The van der Waals surface area contributed by atoms with Crippen molar-refractivity contribution >= 4 is 29.1 Å². The lowest BCUT2D eigenvalue weighted by Crippen LogP contribution is -2.37. The number of nitro benzene ring substituents is 1. The summed E-state index contributed by atoms with van der Waals surface area (Å²) < 4.78 is 0. The molecule has 0 aliphatic carbocycles. The summed E-state index contributed by atoms with van der Waals surface area (Å²) in [4.78, 5) is 30.7. The lowest BCUT2D eigenvalue weighted by molar-refractivity contribution is -0.384. The third-order valence-corrected chi connectivity index (χ3v) is 3.90. The van der Waals surface area contributed by atoms with Crippen LogP contribution in [0.25, 0.3) is 5.70 Å². The average molecular weight is 359 g/mol. The van der Waals surface area contributed by atoms with Gasteiger partial charge in [-0.1, -0.05) is 30.5 Å². The van der Waals surface area contributed by atoms with E-state index in [-0.39, 0.29) is 17.3 Å².